The van der Waals surface area contributed by atoms with Crippen molar-refractivity contribution in [2.75, 3.05) is 0 Å². The van der Waals surface area contributed by atoms with Crippen LogP contribution in [0.15, 0.2) is 30.7 Å². The van der Waals surface area contributed by atoms with Crippen molar-refractivity contribution in [3.63, 3.8) is 0 Å². The van der Waals surface area contributed by atoms with Crippen LogP contribution in [0, 0.1) is 0 Å². The fourth-order valence-corrected chi connectivity index (χ4v) is 1.58. The summed E-state index contributed by atoms with van der Waals surface area (Å²) in [4.78, 5) is 18.6. The molecule has 18 heavy (non-hydrogen) atoms. The number of nitrogens with one attached hydrogen (secondary N) is 2. The minimum absolute atomic E-state index is 0.210. The van der Waals surface area contributed by atoms with Gasteiger partial charge in [-0.05, 0) is 12.1 Å². The first-order valence-corrected chi connectivity index (χ1v) is 5.36. The third-order valence-corrected chi connectivity index (χ3v) is 2.37. The van der Waals surface area contributed by atoms with Crippen LogP contribution in [0.4, 0.5) is 8.78 Å². The Balaban J connectivity index is 1.98. The number of amides is 1. The van der Waals surface area contributed by atoms with Crippen LogP contribution >= 0.6 is 0 Å². The molecule has 0 unspecified atom stereocenters. The minimum atomic E-state index is -2.49. The number of imidazole rings is 1. The lowest BCUT2D eigenvalue weighted by atomic mass is 10.4. The summed E-state index contributed by atoms with van der Waals surface area (Å²) >= 11 is 0. The highest BCUT2D eigenvalue weighted by atomic mass is 19.3. The molecule has 0 aliphatic rings. The van der Waals surface area contributed by atoms with Gasteiger partial charge in [0, 0.05) is 18.6 Å². The number of alkyl halides is 2. The Kier molecular flexibility index (Phi) is 3.71. The second kappa shape index (κ2) is 5.44. The van der Waals surface area contributed by atoms with E-state index in [0.717, 1.165) is 0 Å². The summed E-state index contributed by atoms with van der Waals surface area (Å²) < 4.78 is 25.8. The Morgan fingerprint density at radius 2 is 2.39 bits per heavy atom. The molecule has 2 heterocycles. The number of H-pyrrole nitrogens is 1. The second-order valence-electron chi connectivity index (χ2n) is 3.66. The van der Waals surface area contributed by atoms with E-state index in [4.69, 9.17) is 0 Å². The molecule has 96 valence electrons. The average Bonchev–Trinajstić information content (AvgIpc) is 2.95. The predicted octanol–water partition coefficient (Wildman–Crippen LogP) is 1.41. The molecular formula is C11H12F2N4O. The molecule has 1 amide bonds. The summed E-state index contributed by atoms with van der Waals surface area (Å²) in [5, 5.41) is 2.60. The molecule has 2 aromatic heterocycles. The second-order valence-corrected chi connectivity index (χ2v) is 3.66. The van der Waals surface area contributed by atoms with Gasteiger partial charge >= 0.3 is 0 Å². The number of hydrogen-bond donors (Lipinski definition) is 2. The first kappa shape index (κ1) is 12.3. The number of hydrogen-bond acceptors (Lipinski definition) is 2. The maximum absolute atomic E-state index is 12.3. The average molecular weight is 254 g/mol. The number of rotatable bonds is 5. The Bertz CT molecular complexity index is 507. The van der Waals surface area contributed by atoms with Gasteiger partial charge in [0.15, 0.2) is 0 Å². The number of nitrogens with zero attached hydrogens (tertiary/aromatic N) is 2. The number of carbonyl (C=O) groups excluding carboxylic acids is 1. The number of aromatic amines is 1. The molecule has 0 aliphatic carbocycles. The predicted molar refractivity (Wildman–Crippen MR) is 60.2 cm³/mol. The molecule has 0 saturated heterocycles. The quantitative estimate of drug-likeness (QED) is 0.847. The van der Waals surface area contributed by atoms with Crippen molar-refractivity contribution in [1.82, 2.24) is 19.9 Å². The van der Waals surface area contributed by atoms with Crippen LogP contribution in [0.25, 0.3) is 0 Å². The molecule has 2 N–H and O–H groups in total. The zero-order valence-electron chi connectivity index (χ0n) is 9.44. The number of aromatic nitrogens is 3. The summed E-state index contributed by atoms with van der Waals surface area (Å²) in [6.07, 6.45) is 2.17. The normalized spacial score (nSPS) is 10.8. The summed E-state index contributed by atoms with van der Waals surface area (Å²) in [6.45, 7) is -0.262. The molecular weight excluding hydrogens is 242 g/mol. The molecule has 2 rings (SSSR count). The Morgan fingerprint density at radius 1 is 1.56 bits per heavy atom. The van der Waals surface area contributed by atoms with Crippen molar-refractivity contribution in [1.29, 1.82) is 0 Å². The van der Waals surface area contributed by atoms with Crippen molar-refractivity contribution >= 4 is 5.91 Å². The van der Waals surface area contributed by atoms with E-state index in [-0.39, 0.29) is 12.2 Å². The molecule has 2 aromatic rings. The standard InChI is InChI=1S/C11H12F2N4O/c12-9(13)7-17-5-1-2-8(17)11(18)16-6-10-14-3-4-15-10/h1-5,9H,6-7H2,(H,14,15)(H,16,18). The van der Waals surface area contributed by atoms with E-state index in [2.05, 4.69) is 15.3 Å². The van der Waals surface area contributed by atoms with Crippen LogP contribution in [0.3, 0.4) is 0 Å². The molecule has 7 heteroatoms. The summed E-state index contributed by atoms with van der Waals surface area (Å²) in [5.41, 5.74) is 0.210. The maximum atomic E-state index is 12.3. The van der Waals surface area contributed by atoms with Crippen molar-refractivity contribution in [2.24, 2.45) is 0 Å². The molecule has 0 fully saturated rings. The van der Waals surface area contributed by atoms with E-state index < -0.39 is 18.9 Å². The minimum Gasteiger partial charge on any atom is -0.347 e. The zero-order chi connectivity index (χ0) is 13.0. The van der Waals surface area contributed by atoms with Crippen molar-refractivity contribution in [2.45, 2.75) is 19.5 Å². The Labute approximate surface area is 102 Å². The van der Waals surface area contributed by atoms with Gasteiger partial charge in [0.25, 0.3) is 12.3 Å². The van der Waals surface area contributed by atoms with Gasteiger partial charge in [-0.25, -0.2) is 13.8 Å². The number of halogens is 2. The molecule has 0 aliphatic heterocycles. The van der Waals surface area contributed by atoms with Crippen LogP contribution in [-0.4, -0.2) is 26.9 Å². The lowest BCUT2D eigenvalue weighted by molar-refractivity contribution is 0.0927. The first-order chi connectivity index (χ1) is 8.66. The van der Waals surface area contributed by atoms with Gasteiger partial charge in [0.2, 0.25) is 0 Å². The van der Waals surface area contributed by atoms with E-state index >= 15 is 0 Å². The van der Waals surface area contributed by atoms with Gasteiger partial charge in [0.05, 0.1) is 13.1 Å². The van der Waals surface area contributed by atoms with Crippen molar-refractivity contribution in [3.8, 4) is 0 Å². The first-order valence-electron chi connectivity index (χ1n) is 5.36. The molecule has 0 aromatic carbocycles. The van der Waals surface area contributed by atoms with Gasteiger partial charge < -0.3 is 14.9 Å². The molecule has 0 spiro atoms. The highest BCUT2D eigenvalue weighted by molar-refractivity contribution is 5.92. The van der Waals surface area contributed by atoms with Crippen LogP contribution in [-0.2, 0) is 13.1 Å². The van der Waals surface area contributed by atoms with Gasteiger partial charge in [-0.2, -0.15) is 0 Å². The van der Waals surface area contributed by atoms with Crippen LogP contribution in [0.2, 0.25) is 0 Å². The van der Waals surface area contributed by atoms with Crippen molar-refractivity contribution < 1.29 is 13.6 Å². The topological polar surface area (TPSA) is 62.7 Å². The van der Waals surface area contributed by atoms with Crippen LogP contribution in [0.1, 0.15) is 16.3 Å². The highest BCUT2D eigenvalue weighted by Gasteiger charge is 2.13. The van der Waals surface area contributed by atoms with E-state index in [1.54, 1.807) is 18.5 Å². The largest absolute Gasteiger partial charge is 0.347 e. The van der Waals surface area contributed by atoms with Crippen molar-refractivity contribution in [3.05, 3.63) is 42.2 Å². The third-order valence-electron chi connectivity index (χ3n) is 2.37. The Morgan fingerprint density at radius 3 is 3.06 bits per heavy atom. The number of carbonyl (C=O) groups is 1. The Hall–Kier alpha value is -2.18. The monoisotopic (exact) mass is 254 g/mol. The van der Waals surface area contributed by atoms with E-state index in [0.29, 0.717) is 5.82 Å². The van der Waals surface area contributed by atoms with Gasteiger partial charge in [-0.15, -0.1) is 0 Å². The fourth-order valence-electron chi connectivity index (χ4n) is 1.58. The van der Waals surface area contributed by atoms with Gasteiger partial charge in [-0.3, -0.25) is 4.79 Å². The van der Waals surface area contributed by atoms with Gasteiger partial charge in [-0.1, -0.05) is 0 Å². The van der Waals surface area contributed by atoms with Crippen LogP contribution < -0.4 is 5.32 Å². The third kappa shape index (κ3) is 2.93. The summed E-state index contributed by atoms with van der Waals surface area (Å²) in [5.74, 6) is 0.201. The smallest absolute Gasteiger partial charge is 0.268 e. The molecule has 0 atom stereocenters. The SMILES string of the molecule is O=C(NCc1ncc[nH]1)c1cccn1CC(F)F. The summed E-state index contributed by atoms with van der Waals surface area (Å²) in [6, 6.07) is 3.06. The van der Waals surface area contributed by atoms with E-state index in [1.807, 2.05) is 0 Å². The van der Waals surface area contributed by atoms with Crippen LogP contribution in [0.5, 0.6) is 0 Å². The molecule has 0 bridgehead atoms. The fraction of sp³-hybridized carbons (Fsp3) is 0.273. The molecule has 0 saturated carbocycles. The summed E-state index contributed by atoms with van der Waals surface area (Å²) in [7, 11) is 0. The maximum Gasteiger partial charge on any atom is 0.268 e. The van der Waals surface area contributed by atoms with E-state index in [1.165, 1.54) is 16.8 Å². The lowest BCUT2D eigenvalue weighted by Gasteiger charge is -2.08. The molecule has 5 nitrogen and oxygen atoms in total. The lowest BCUT2D eigenvalue weighted by Crippen LogP contribution is -2.26. The van der Waals surface area contributed by atoms with Gasteiger partial charge in [0.1, 0.15) is 11.5 Å². The van der Waals surface area contributed by atoms with E-state index in [9.17, 15) is 13.6 Å². The highest BCUT2D eigenvalue weighted by Crippen LogP contribution is 2.06. The zero-order valence-corrected chi connectivity index (χ0v) is 9.44. The molecule has 0 radical (unpaired) electrons.